The lowest BCUT2D eigenvalue weighted by molar-refractivity contribution is -0.140. The van der Waals surface area contributed by atoms with Crippen molar-refractivity contribution < 1.29 is 33.7 Å². The van der Waals surface area contributed by atoms with Gasteiger partial charge in [0.1, 0.15) is 5.82 Å². The standard InChI is InChI=1S/C15H16FN3O6/c1-17-13(23)18-9-3-2-8-7(11(9)16)4-5-15(8)12(22)19(6-10(20)21)14(24)25-15/h2-3,10,20-21H,4-6H2,1H3,(H2,17,18,23)/t15-/m0/s1. The molecule has 1 spiro atoms. The van der Waals surface area contributed by atoms with Crippen LogP contribution in [-0.4, -0.2) is 53.0 Å². The quantitative estimate of drug-likeness (QED) is 0.567. The number of β-amino-alcohol motifs (C(OH)–C–C–N with tert-alkyl or cyclic N) is 2. The third kappa shape index (κ3) is 2.59. The largest absolute Gasteiger partial charge is 0.427 e. The number of hydrogen-bond donors (Lipinski definition) is 4. The van der Waals surface area contributed by atoms with Gasteiger partial charge in [-0.25, -0.2) is 18.9 Å². The molecule has 1 atom stereocenters. The molecule has 25 heavy (non-hydrogen) atoms. The van der Waals surface area contributed by atoms with Crippen LogP contribution in [0.2, 0.25) is 0 Å². The Hall–Kier alpha value is -2.72. The van der Waals surface area contributed by atoms with Crippen molar-refractivity contribution in [1.82, 2.24) is 10.2 Å². The molecule has 0 saturated carbocycles. The fourth-order valence-corrected chi connectivity index (χ4v) is 3.16. The van der Waals surface area contributed by atoms with Crippen molar-refractivity contribution in [2.24, 2.45) is 0 Å². The fourth-order valence-electron chi connectivity index (χ4n) is 3.16. The molecule has 0 radical (unpaired) electrons. The normalized spacial score (nSPS) is 21.7. The molecule has 1 saturated heterocycles. The van der Waals surface area contributed by atoms with Crippen LogP contribution in [0.15, 0.2) is 12.1 Å². The van der Waals surface area contributed by atoms with Crippen LogP contribution in [0.4, 0.5) is 19.7 Å². The molecule has 4 N–H and O–H groups in total. The van der Waals surface area contributed by atoms with Crippen LogP contribution in [0.5, 0.6) is 0 Å². The van der Waals surface area contributed by atoms with E-state index in [1.165, 1.54) is 19.2 Å². The Morgan fingerprint density at radius 3 is 2.80 bits per heavy atom. The molecule has 2 aliphatic rings. The number of nitrogens with one attached hydrogen (secondary N) is 2. The molecular weight excluding hydrogens is 337 g/mol. The van der Waals surface area contributed by atoms with E-state index in [9.17, 15) is 18.8 Å². The molecule has 1 aromatic carbocycles. The van der Waals surface area contributed by atoms with E-state index in [2.05, 4.69) is 10.6 Å². The molecule has 4 amide bonds. The number of nitrogens with zero attached hydrogens (tertiary/aromatic N) is 1. The lowest BCUT2D eigenvalue weighted by atomic mass is 9.94. The number of halogens is 1. The molecule has 3 rings (SSSR count). The summed E-state index contributed by atoms with van der Waals surface area (Å²) in [6.45, 7) is -0.631. The van der Waals surface area contributed by atoms with Crippen molar-refractivity contribution in [3.05, 3.63) is 29.1 Å². The van der Waals surface area contributed by atoms with Gasteiger partial charge >= 0.3 is 12.1 Å². The van der Waals surface area contributed by atoms with E-state index in [1.807, 2.05) is 0 Å². The molecule has 1 heterocycles. The maximum atomic E-state index is 14.7. The number of benzene rings is 1. The Balaban J connectivity index is 1.97. The van der Waals surface area contributed by atoms with Gasteiger partial charge in [0.05, 0.1) is 12.2 Å². The second-order valence-electron chi connectivity index (χ2n) is 5.75. The van der Waals surface area contributed by atoms with Crippen molar-refractivity contribution >= 4 is 23.7 Å². The highest BCUT2D eigenvalue weighted by Gasteiger charge is 2.58. The fraction of sp³-hybridized carbons (Fsp3) is 0.400. The lowest BCUT2D eigenvalue weighted by Gasteiger charge is -2.21. The van der Waals surface area contributed by atoms with E-state index < -0.39 is 42.3 Å². The number of amides is 4. The number of fused-ring (bicyclic) bond motifs is 2. The van der Waals surface area contributed by atoms with Gasteiger partial charge in [0.15, 0.2) is 6.29 Å². The maximum absolute atomic E-state index is 14.7. The summed E-state index contributed by atoms with van der Waals surface area (Å²) in [5.74, 6) is -1.47. The topological polar surface area (TPSA) is 128 Å². The monoisotopic (exact) mass is 353 g/mol. The smallest absolute Gasteiger partial charge is 0.418 e. The summed E-state index contributed by atoms with van der Waals surface area (Å²) in [4.78, 5) is 36.5. The first-order valence-corrected chi connectivity index (χ1v) is 7.52. The first kappa shape index (κ1) is 17.1. The number of aliphatic hydroxyl groups is 2. The Morgan fingerprint density at radius 2 is 2.16 bits per heavy atom. The van der Waals surface area contributed by atoms with Crippen LogP contribution in [0.1, 0.15) is 17.5 Å². The minimum absolute atomic E-state index is 0.0330. The number of urea groups is 1. The number of rotatable bonds is 3. The molecular formula is C15H16FN3O6. The molecule has 1 aliphatic carbocycles. The molecule has 1 aliphatic heterocycles. The van der Waals surface area contributed by atoms with Gasteiger partial charge in [-0.2, -0.15) is 0 Å². The number of carbonyl (C=O) groups excluding carboxylic acids is 3. The molecule has 0 unspecified atom stereocenters. The number of imide groups is 1. The molecule has 1 fully saturated rings. The van der Waals surface area contributed by atoms with Crippen LogP contribution in [-0.2, 0) is 21.6 Å². The van der Waals surface area contributed by atoms with Crippen LogP contribution >= 0.6 is 0 Å². The van der Waals surface area contributed by atoms with Crippen LogP contribution in [0.3, 0.4) is 0 Å². The van der Waals surface area contributed by atoms with Crippen molar-refractivity contribution in [3.63, 3.8) is 0 Å². The van der Waals surface area contributed by atoms with Crippen molar-refractivity contribution in [2.75, 3.05) is 18.9 Å². The zero-order valence-corrected chi connectivity index (χ0v) is 13.2. The molecule has 9 nitrogen and oxygen atoms in total. The number of anilines is 1. The summed E-state index contributed by atoms with van der Waals surface area (Å²) in [5, 5.41) is 22.6. The van der Waals surface area contributed by atoms with Crippen LogP contribution in [0, 0.1) is 5.82 Å². The van der Waals surface area contributed by atoms with Gasteiger partial charge in [-0.15, -0.1) is 0 Å². The average Bonchev–Trinajstić information content (AvgIpc) is 3.04. The summed E-state index contributed by atoms with van der Waals surface area (Å²) >= 11 is 0. The van der Waals surface area contributed by atoms with E-state index in [-0.39, 0.29) is 29.7 Å². The van der Waals surface area contributed by atoms with Gasteiger partial charge in [0, 0.05) is 19.0 Å². The average molecular weight is 353 g/mol. The molecule has 0 bridgehead atoms. The van der Waals surface area contributed by atoms with Crippen LogP contribution in [0.25, 0.3) is 0 Å². The van der Waals surface area contributed by atoms with Gasteiger partial charge < -0.3 is 25.6 Å². The second-order valence-corrected chi connectivity index (χ2v) is 5.75. The summed E-state index contributed by atoms with van der Waals surface area (Å²) in [6, 6.07) is 2.10. The maximum Gasteiger partial charge on any atom is 0.418 e. The van der Waals surface area contributed by atoms with E-state index in [0.29, 0.717) is 4.90 Å². The Labute approximate surface area is 141 Å². The predicted molar refractivity (Wildman–Crippen MR) is 80.9 cm³/mol. The summed E-state index contributed by atoms with van der Waals surface area (Å²) in [5.41, 5.74) is -1.37. The highest BCUT2D eigenvalue weighted by atomic mass is 19.1. The number of aliphatic hydroxyl groups excluding tert-OH is 1. The third-order valence-corrected chi connectivity index (χ3v) is 4.30. The van der Waals surface area contributed by atoms with E-state index in [0.717, 1.165) is 0 Å². The Kier molecular flexibility index (Phi) is 4.09. The zero-order valence-electron chi connectivity index (χ0n) is 13.2. The van der Waals surface area contributed by atoms with Gasteiger partial charge in [-0.1, -0.05) is 6.07 Å². The van der Waals surface area contributed by atoms with Gasteiger partial charge in [-0.05, 0) is 18.1 Å². The number of carbonyl (C=O) groups is 3. The molecule has 134 valence electrons. The van der Waals surface area contributed by atoms with Gasteiger partial charge in [0.25, 0.3) is 5.91 Å². The minimum Gasteiger partial charge on any atom is -0.427 e. The zero-order chi connectivity index (χ0) is 18.4. The Morgan fingerprint density at radius 1 is 1.44 bits per heavy atom. The number of ether oxygens (including phenoxy) is 1. The lowest BCUT2D eigenvalue weighted by Crippen LogP contribution is -2.41. The molecule has 10 heteroatoms. The second kappa shape index (κ2) is 5.97. The van der Waals surface area contributed by atoms with Gasteiger partial charge in [0.2, 0.25) is 5.60 Å². The highest BCUT2D eigenvalue weighted by molar-refractivity contribution is 6.04. The minimum atomic E-state index is -1.90. The first-order valence-electron chi connectivity index (χ1n) is 7.52. The molecule has 0 aromatic heterocycles. The third-order valence-electron chi connectivity index (χ3n) is 4.30. The highest BCUT2D eigenvalue weighted by Crippen LogP contribution is 2.47. The summed E-state index contributed by atoms with van der Waals surface area (Å²) < 4.78 is 19.9. The summed E-state index contributed by atoms with van der Waals surface area (Å²) in [7, 11) is 1.39. The first-order chi connectivity index (χ1) is 11.8. The Bertz CT molecular complexity index is 768. The van der Waals surface area contributed by atoms with E-state index in [4.69, 9.17) is 14.9 Å². The number of hydrogen-bond acceptors (Lipinski definition) is 6. The van der Waals surface area contributed by atoms with Crippen molar-refractivity contribution in [1.29, 1.82) is 0 Å². The van der Waals surface area contributed by atoms with Crippen molar-refractivity contribution in [3.8, 4) is 0 Å². The van der Waals surface area contributed by atoms with E-state index >= 15 is 0 Å². The predicted octanol–water partition coefficient (Wildman–Crippen LogP) is 0.00800. The molecule has 1 aromatic rings. The SMILES string of the molecule is CNC(=O)Nc1ccc2c(c1F)CC[C@]21OC(=O)N(CC(O)O)C1=O. The van der Waals surface area contributed by atoms with Crippen molar-refractivity contribution in [2.45, 2.75) is 24.7 Å². The van der Waals surface area contributed by atoms with E-state index in [1.54, 1.807) is 0 Å². The van der Waals surface area contributed by atoms with Gasteiger partial charge in [-0.3, -0.25) is 4.79 Å². The van der Waals surface area contributed by atoms with Crippen LogP contribution < -0.4 is 10.6 Å². The summed E-state index contributed by atoms with van der Waals surface area (Å²) in [6.07, 6.45) is -2.76.